The number of hydrogen-bond acceptors (Lipinski definition) is 6. The maximum absolute atomic E-state index is 13.7. The minimum absolute atomic E-state index is 0.00711. The van der Waals surface area contributed by atoms with Gasteiger partial charge in [0.25, 0.3) is 0 Å². The molecule has 1 fully saturated rings. The van der Waals surface area contributed by atoms with Crippen LogP contribution < -0.4 is 19.1 Å². The minimum atomic E-state index is -3.87. The van der Waals surface area contributed by atoms with Gasteiger partial charge in [0.2, 0.25) is 28.6 Å². The fraction of sp³-hybridized carbons (Fsp3) is 0.462. The van der Waals surface area contributed by atoms with Crippen molar-refractivity contribution in [3.63, 3.8) is 0 Å². The summed E-state index contributed by atoms with van der Waals surface area (Å²) in [5.41, 5.74) is 0.824. The van der Waals surface area contributed by atoms with Crippen molar-refractivity contribution >= 4 is 50.7 Å². The standard InChI is InChI=1S/C26H31Cl2N3O6S/c1-17(26(33)29-20-6-4-3-5-7-20)30(14-18-8-9-19(27)12-22(18)28)25(32)15-31(38(2,34)35)21-10-11-23-24(13-21)37-16-36-23/h8-13,17,20H,3-7,14-16H2,1-2H3,(H,29,33). The highest BCUT2D eigenvalue weighted by Crippen LogP contribution is 2.36. The lowest BCUT2D eigenvalue weighted by molar-refractivity contribution is -0.139. The van der Waals surface area contributed by atoms with Crippen molar-refractivity contribution in [3.05, 3.63) is 52.0 Å². The number of fused-ring (bicyclic) bond motifs is 1. The molecule has 0 bridgehead atoms. The molecule has 1 aliphatic heterocycles. The lowest BCUT2D eigenvalue weighted by atomic mass is 9.95. The molecule has 2 aromatic carbocycles. The third-order valence-electron chi connectivity index (χ3n) is 6.80. The van der Waals surface area contributed by atoms with Crippen LogP contribution in [0.5, 0.6) is 11.5 Å². The lowest BCUT2D eigenvalue weighted by Gasteiger charge is -2.33. The Balaban J connectivity index is 1.61. The SMILES string of the molecule is CC(C(=O)NC1CCCCC1)N(Cc1ccc(Cl)cc1Cl)C(=O)CN(c1ccc2c(c1)OCO2)S(C)(=O)=O. The Hall–Kier alpha value is -2.69. The van der Waals surface area contributed by atoms with E-state index in [1.165, 1.54) is 11.0 Å². The summed E-state index contributed by atoms with van der Waals surface area (Å²) >= 11 is 12.4. The van der Waals surface area contributed by atoms with Gasteiger partial charge in [0, 0.05) is 28.7 Å². The average Bonchev–Trinajstić information content (AvgIpc) is 3.34. The molecule has 1 aliphatic carbocycles. The van der Waals surface area contributed by atoms with Gasteiger partial charge in [0.1, 0.15) is 12.6 Å². The number of sulfonamides is 1. The quantitative estimate of drug-likeness (QED) is 0.470. The number of anilines is 1. The highest BCUT2D eigenvalue weighted by Gasteiger charge is 2.32. The Morgan fingerprint density at radius 3 is 2.45 bits per heavy atom. The molecule has 0 aromatic heterocycles. The van der Waals surface area contributed by atoms with E-state index in [1.807, 2.05) is 0 Å². The lowest BCUT2D eigenvalue weighted by Crippen LogP contribution is -2.53. The summed E-state index contributed by atoms with van der Waals surface area (Å²) in [6.45, 7) is 1.13. The van der Waals surface area contributed by atoms with Crippen LogP contribution >= 0.6 is 23.2 Å². The van der Waals surface area contributed by atoms with Gasteiger partial charge in [-0.2, -0.15) is 0 Å². The molecule has 0 spiro atoms. The highest BCUT2D eigenvalue weighted by atomic mass is 35.5. The van der Waals surface area contributed by atoms with Gasteiger partial charge in [-0.1, -0.05) is 48.5 Å². The third-order valence-corrected chi connectivity index (χ3v) is 8.53. The number of rotatable bonds is 9. The molecule has 206 valence electrons. The molecule has 9 nitrogen and oxygen atoms in total. The zero-order valence-corrected chi connectivity index (χ0v) is 23.6. The zero-order chi connectivity index (χ0) is 27.4. The number of benzene rings is 2. The van der Waals surface area contributed by atoms with E-state index in [9.17, 15) is 18.0 Å². The number of carbonyl (C=O) groups excluding carboxylic acids is 2. The summed E-state index contributed by atoms with van der Waals surface area (Å²) in [6, 6.07) is 8.70. The monoisotopic (exact) mass is 583 g/mol. The predicted molar refractivity (Wildman–Crippen MR) is 146 cm³/mol. The number of nitrogens with zero attached hydrogens (tertiary/aromatic N) is 2. The molecular formula is C26H31Cl2N3O6S. The van der Waals surface area contributed by atoms with Crippen LogP contribution in [0, 0.1) is 0 Å². The highest BCUT2D eigenvalue weighted by molar-refractivity contribution is 7.92. The summed E-state index contributed by atoms with van der Waals surface area (Å²) in [5, 5.41) is 3.83. The molecular weight excluding hydrogens is 553 g/mol. The van der Waals surface area contributed by atoms with Crippen molar-refractivity contribution < 1.29 is 27.5 Å². The Labute approximate surface area is 233 Å². The van der Waals surface area contributed by atoms with Crippen LogP contribution in [0.1, 0.15) is 44.6 Å². The minimum Gasteiger partial charge on any atom is -0.454 e. The summed E-state index contributed by atoms with van der Waals surface area (Å²) in [4.78, 5) is 28.3. The molecule has 2 aromatic rings. The average molecular weight is 585 g/mol. The normalized spacial score (nSPS) is 16.1. The van der Waals surface area contributed by atoms with Crippen molar-refractivity contribution in [2.45, 2.75) is 57.7 Å². The van der Waals surface area contributed by atoms with Crippen LogP contribution in [0.2, 0.25) is 10.0 Å². The van der Waals surface area contributed by atoms with Gasteiger partial charge >= 0.3 is 0 Å². The van der Waals surface area contributed by atoms with Crippen LogP contribution in [-0.4, -0.2) is 56.8 Å². The van der Waals surface area contributed by atoms with Crippen molar-refractivity contribution in [1.82, 2.24) is 10.2 Å². The number of hydrogen-bond donors (Lipinski definition) is 1. The fourth-order valence-corrected chi connectivity index (χ4v) is 5.95. The number of nitrogens with one attached hydrogen (secondary N) is 1. The maximum Gasteiger partial charge on any atom is 0.244 e. The molecule has 1 saturated carbocycles. The Bertz CT molecular complexity index is 1300. The van der Waals surface area contributed by atoms with Crippen LogP contribution in [-0.2, 0) is 26.2 Å². The smallest absolute Gasteiger partial charge is 0.244 e. The van der Waals surface area contributed by atoms with Gasteiger partial charge in [-0.25, -0.2) is 8.42 Å². The van der Waals surface area contributed by atoms with E-state index in [0.717, 1.165) is 42.7 Å². The molecule has 2 aliphatic rings. The largest absolute Gasteiger partial charge is 0.454 e. The van der Waals surface area contributed by atoms with Gasteiger partial charge in [-0.3, -0.25) is 13.9 Å². The first-order valence-corrected chi connectivity index (χ1v) is 15.0. The first-order chi connectivity index (χ1) is 18.0. The second-order valence-electron chi connectivity index (χ2n) is 9.58. The van der Waals surface area contributed by atoms with Gasteiger partial charge < -0.3 is 19.7 Å². The van der Waals surface area contributed by atoms with E-state index < -0.39 is 28.5 Å². The van der Waals surface area contributed by atoms with Crippen molar-refractivity contribution in [3.8, 4) is 11.5 Å². The van der Waals surface area contributed by atoms with Crippen LogP contribution in [0.15, 0.2) is 36.4 Å². The first kappa shape index (κ1) is 28.3. The maximum atomic E-state index is 13.7. The molecule has 1 atom stereocenters. The van der Waals surface area contributed by atoms with E-state index in [-0.39, 0.29) is 31.0 Å². The third kappa shape index (κ3) is 6.84. The summed E-state index contributed by atoms with van der Waals surface area (Å²) in [6.07, 6.45) is 6.03. The van der Waals surface area contributed by atoms with Crippen LogP contribution in [0.3, 0.4) is 0 Å². The Kier molecular flexibility index (Phi) is 8.95. The van der Waals surface area contributed by atoms with Gasteiger partial charge in [0.15, 0.2) is 11.5 Å². The summed E-state index contributed by atoms with van der Waals surface area (Å²) in [5.74, 6) is 0.00360. The van der Waals surface area contributed by atoms with E-state index in [1.54, 1.807) is 37.3 Å². The number of carbonyl (C=O) groups is 2. The van der Waals surface area contributed by atoms with E-state index in [4.69, 9.17) is 32.7 Å². The second-order valence-corrected chi connectivity index (χ2v) is 12.3. The van der Waals surface area contributed by atoms with E-state index in [0.29, 0.717) is 27.1 Å². The number of amides is 2. The molecule has 0 radical (unpaired) electrons. The summed E-state index contributed by atoms with van der Waals surface area (Å²) < 4.78 is 37.2. The molecule has 4 rings (SSSR count). The van der Waals surface area contributed by atoms with E-state index in [2.05, 4.69) is 5.32 Å². The fourth-order valence-electron chi connectivity index (χ4n) is 4.64. The molecule has 12 heteroatoms. The van der Waals surface area contributed by atoms with Crippen LogP contribution in [0.4, 0.5) is 5.69 Å². The van der Waals surface area contributed by atoms with E-state index >= 15 is 0 Å². The molecule has 1 heterocycles. The van der Waals surface area contributed by atoms with Crippen LogP contribution in [0.25, 0.3) is 0 Å². The van der Waals surface area contributed by atoms with Gasteiger partial charge in [0.05, 0.1) is 11.9 Å². The van der Waals surface area contributed by atoms with Crippen molar-refractivity contribution in [1.29, 1.82) is 0 Å². The van der Waals surface area contributed by atoms with Crippen molar-refractivity contribution in [2.24, 2.45) is 0 Å². The molecule has 0 saturated heterocycles. The van der Waals surface area contributed by atoms with Gasteiger partial charge in [-0.15, -0.1) is 0 Å². The zero-order valence-electron chi connectivity index (χ0n) is 21.3. The molecule has 1 unspecified atom stereocenters. The molecule has 2 amide bonds. The molecule has 38 heavy (non-hydrogen) atoms. The Morgan fingerprint density at radius 1 is 1.05 bits per heavy atom. The van der Waals surface area contributed by atoms with Gasteiger partial charge in [-0.05, 0) is 49.6 Å². The summed E-state index contributed by atoms with van der Waals surface area (Å²) in [7, 11) is -3.87. The number of ether oxygens (including phenoxy) is 2. The molecule has 1 N–H and O–H groups in total. The predicted octanol–water partition coefficient (Wildman–Crippen LogP) is 4.35. The second kappa shape index (κ2) is 12.0. The number of halogens is 2. The first-order valence-electron chi connectivity index (χ1n) is 12.4. The van der Waals surface area contributed by atoms with Crippen molar-refractivity contribution in [2.75, 3.05) is 23.9 Å². The topological polar surface area (TPSA) is 105 Å². The Morgan fingerprint density at radius 2 is 1.76 bits per heavy atom.